The van der Waals surface area contributed by atoms with E-state index in [9.17, 15) is 15.3 Å². The highest BCUT2D eigenvalue weighted by atomic mass is 16.3. The molecule has 3 nitrogen and oxygen atoms in total. The first kappa shape index (κ1) is 53.3. The summed E-state index contributed by atoms with van der Waals surface area (Å²) in [6.07, 6.45) is 0. The summed E-state index contributed by atoms with van der Waals surface area (Å²) in [5.41, 5.74) is 6.73. The number of fused-ring (bicyclic) bond motifs is 4. The van der Waals surface area contributed by atoms with Crippen LogP contribution < -0.4 is 0 Å². The van der Waals surface area contributed by atoms with Crippen molar-refractivity contribution in [1.82, 2.24) is 0 Å². The Morgan fingerprint density at radius 3 is 1.22 bits per heavy atom. The van der Waals surface area contributed by atoms with Crippen LogP contribution in [0.1, 0.15) is 133 Å². The van der Waals surface area contributed by atoms with Crippen LogP contribution in [0.3, 0.4) is 0 Å². The van der Waals surface area contributed by atoms with Crippen LogP contribution in [-0.2, 0) is 21.7 Å². The molecule has 0 radical (unpaired) electrons. The predicted molar refractivity (Wildman–Crippen MR) is 281 cm³/mol. The number of phenolic OH excluding ortho intramolecular Hbond substituents is 3. The Labute approximate surface area is 381 Å². The van der Waals surface area contributed by atoms with Gasteiger partial charge in [0.05, 0.1) is 0 Å². The molecule has 8 rings (SSSR count). The molecule has 0 spiro atoms. The maximum atomic E-state index is 9.94. The van der Waals surface area contributed by atoms with Crippen LogP contribution in [0.15, 0.2) is 146 Å². The van der Waals surface area contributed by atoms with Gasteiger partial charge in [-0.1, -0.05) is 238 Å². The number of aromatic hydroxyl groups is 3. The van der Waals surface area contributed by atoms with Crippen molar-refractivity contribution in [3.8, 4) is 17.2 Å². The molecule has 3 heteroatoms. The molecular weight excluding hydrogens is 769 g/mol. The fraction of sp³-hybridized carbons (Fsp3) is 0.333. The van der Waals surface area contributed by atoms with Gasteiger partial charge in [0.1, 0.15) is 17.2 Å². The van der Waals surface area contributed by atoms with Crippen molar-refractivity contribution in [1.29, 1.82) is 0 Å². The minimum absolute atomic E-state index is 0. The Morgan fingerprint density at radius 1 is 0.302 bits per heavy atom. The summed E-state index contributed by atoms with van der Waals surface area (Å²) in [7, 11) is 0. The van der Waals surface area contributed by atoms with E-state index in [1.807, 2.05) is 60.7 Å². The Kier molecular flexibility index (Phi) is 17.8. The zero-order valence-electron chi connectivity index (χ0n) is 38.2. The van der Waals surface area contributed by atoms with Gasteiger partial charge in [-0.25, -0.2) is 0 Å². The third kappa shape index (κ3) is 12.9. The number of rotatable bonds is 0. The molecule has 63 heavy (non-hydrogen) atoms. The highest BCUT2D eigenvalue weighted by Crippen LogP contribution is 2.38. The van der Waals surface area contributed by atoms with Crippen LogP contribution in [-0.4, -0.2) is 15.3 Å². The maximum absolute atomic E-state index is 9.94. The number of hydrogen-bond donors (Lipinski definition) is 3. The van der Waals surface area contributed by atoms with Crippen molar-refractivity contribution in [2.45, 2.75) is 134 Å². The Balaban J connectivity index is 0.000000284. The summed E-state index contributed by atoms with van der Waals surface area (Å²) in [4.78, 5) is 0. The second-order valence-electron chi connectivity index (χ2n) is 20.1. The van der Waals surface area contributed by atoms with Crippen LogP contribution in [0.4, 0.5) is 0 Å². The maximum Gasteiger partial charge on any atom is 0.123 e. The fourth-order valence-corrected chi connectivity index (χ4v) is 7.97. The van der Waals surface area contributed by atoms with Gasteiger partial charge in [-0.05, 0) is 95.8 Å². The van der Waals surface area contributed by atoms with E-state index < -0.39 is 0 Å². The summed E-state index contributed by atoms with van der Waals surface area (Å²) >= 11 is 0. The molecule has 0 heterocycles. The molecule has 8 aromatic rings. The van der Waals surface area contributed by atoms with Gasteiger partial charge in [-0.2, -0.15) is 0 Å². The van der Waals surface area contributed by atoms with E-state index in [4.69, 9.17) is 0 Å². The van der Waals surface area contributed by atoms with Gasteiger partial charge >= 0.3 is 0 Å². The van der Waals surface area contributed by atoms with E-state index in [1.165, 1.54) is 38.4 Å². The molecular formula is C60H78O3. The third-order valence-electron chi connectivity index (χ3n) is 10.9. The molecule has 0 unspecified atom stereocenters. The number of phenols is 3. The topological polar surface area (TPSA) is 60.7 Å². The van der Waals surface area contributed by atoms with Gasteiger partial charge in [0.25, 0.3) is 0 Å². The van der Waals surface area contributed by atoms with Crippen molar-refractivity contribution in [2.75, 3.05) is 0 Å². The van der Waals surface area contributed by atoms with Crippen LogP contribution in [0.2, 0.25) is 0 Å². The molecule has 8 aromatic carbocycles. The molecule has 0 aromatic heterocycles. The summed E-state index contributed by atoms with van der Waals surface area (Å²) in [6.45, 7) is 28.4. The normalized spacial score (nSPS) is 11.4. The highest BCUT2D eigenvalue weighted by Gasteiger charge is 2.21. The van der Waals surface area contributed by atoms with Gasteiger partial charge in [0, 0.05) is 16.3 Å². The highest BCUT2D eigenvalue weighted by molar-refractivity contribution is 5.93. The Hall–Kier alpha value is -5.80. The number of hydrogen-bond acceptors (Lipinski definition) is 3. The van der Waals surface area contributed by atoms with Crippen LogP contribution in [0.5, 0.6) is 17.2 Å². The van der Waals surface area contributed by atoms with Crippen molar-refractivity contribution in [2.24, 2.45) is 0 Å². The van der Waals surface area contributed by atoms with Crippen molar-refractivity contribution in [3.63, 3.8) is 0 Å². The molecule has 0 aliphatic rings. The molecule has 336 valence electrons. The average molecular weight is 847 g/mol. The first-order valence-electron chi connectivity index (χ1n) is 21.1. The molecule has 0 aliphatic carbocycles. The second-order valence-corrected chi connectivity index (χ2v) is 20.1. The van der Waals surface area contributed by atoms with E-state index in [-0.39, 0.29) is 43.9 Å². The Bertz CT molecular complexity index is 2630. The Morgan fingerprint density at radius 2 is 0.667 bits per heavy atom. The quantitative estimate of drug-likeness (QED) is 0.142. The van der Waals surface area contributed by atoms with Gasteiger partial charge < -0.3 is 15.3 Å². The van der Waals surface area contributed by atoms with Crippen LogP contribution >= 0.6 is 0 Å². The molecule has 0 fully saturated rings. The van der Waals surface area contributed by atoms with Gasteiger partial charge in [-0.15, -0.1) is 0 Å². The third-order valence-corrected chi connectivity index (χ3v) is 10.9. The minimum Gasteiger partial charge on any atom is -0.508 e. The first-order valence-corrected chi connectivity index (χ1v) is 21.1. The van der Waals surface area contributed by atoms with Gasteiger partial charge in [0.15, 0.2) is 0 Å². The van der Waals surface area contributed by atoms with E-state index in [1.54, 1.807) is 18.2 Å². The predicted octanol–water partition coefficient (Wildman–Crippen LogP) is 17.9. The lowest BCUT2D eigenvalue weighted by Crippen LogP contribution is -2.11. The fourth-order valence-electron chi connectivity index (χ4n) is 7.97. The summed E-state index contributed by atoms with van der Waals surface area (Å²) < 4.78 is 0. The molecule has 0 amide bonds. The lowest BCUT2D eigenvalue weighted by molar-refractivity contribution is 0.449. The molecule has 0 saturated carbocycles. The molecule has 3 N–H and O–H groups in total. The SMILES string of the molecule is C.C.C.CC(C)(C)c1c(O)ccc2ccccc12.CC(C)(C)c1ccc(O)c2ccccc12.CC(C)(C)c1cccc2c(O)cccc12.Cc1ccc2cccc(C(C)(C)C)c2c1. The van der Waals surface area contributed by atoms with Crippen molar-refractivity contribution in [3.05, 3.63) is 173 Å². The number of aryl methyl sites for hydroxylation is 1. The molecule has 0 saturated heterocycles. The van der Waals surface area contributed by atoms with E-state index in [2.05, 4.69) is 157 Å². The van der Waals surface area contributed by atoms with Crippen molar-refractivity contribution < 1.29 is 15.3 Å². The molecule has 0 atom stereocenters. The summed E-state index contributed by atoms with van der Waals surface area (Å²) in [6, 6.07) is 48.7. The summed E-state index contributed by atoms with van der Waals surface area (Å²) in [5, 5.41) is 38.7. The lowest BCUT2D eigenvalue weighted by Gasteiger charge is -2.22. The molecule has 0 bridgehead atoms. The number of benzene rings is 8. The first-order chi connectivity index (χ1) is 28.0. The van der Waals surface area contributed by atoms with Crippen LogP contribution in [0, 0.1) is 6.92 Å². The average Bonchev–Trinajstić information content (AvgIpc) is 3.17. The molecule has 0 aliphatic heterocycles. The lowest BCUT2D eigenvalue weighted by atomic mass is 9.83. The largest absolute Gasteiger partial charge is 0.508 e. The van der Waals surface area contributed by atoms with Crippen LogP contribution in [0.25, 0.3) is 43.1 Å². The van der Waals surface area contributed by atoms with E-state index in [0.29, 0.717) is 17.2 Å². The smallest absolute Gasteiger partial charge is 0.123 e. The minimum atomic E-state index is -0.0368. The second kappa shape index (κ2) is 21.0. The zero-order valence-corrected chi connectivity index (χ0v) is 38.2. The van der Waals surface area contributed by atoms with Gasteiger partial charge in [-0.3, -0.25) is 0 Å². The monoisotopic (exact) mass is 847 g/mol. The van der Waals surface area contributed by atoms with E-state index >= 15 is 0 Å². The van der Waals surface area contributed by atoms with Crippen molar-refractivity contribution >= 4 is 43.1 Å². The zero-order chi connectivity index (χ0) is 44.2. The summed E-state index contributed by atoms with van der Waals surface area (Å²) in [5.74, 6) is 1.11. The van der Waals surface area contributed by atoms with E-state index in [0.717, 1.165) is 32.5 Å². The standard InChI is InChI=1S/C15H18.3C14H16O.3CH4/c1-11-8-9-12-6-5-7-14(13(12)10-11)15(2,3)4;1-14(2,3)12-8-4-7-11-10(12)6-5-9-13(11)15;1-14(2,3)12-8-9-13(15)11-7-5-4-6-10(11)12;1-14(2,3)13-11-7-5-4-6-10(11)8-9-12(13)15;;;/h5-10H,1-4H3;3*4-9,15H,1-3H3;3*1H4. The van der Waals surface area contributed by atoms with Gasteiger partial charge in [0.2, 0.25) is 0 Å².